The van der Waals surface area contributed by atoms with Gasteiger partial charge in [-0.25, -0.2) is 0 Å². The van der Waals surface area contributed by atoms with Crippen LogP contribution < -0.4 is 0 Å². The zero-order chi connectivity index (χ0) is 11.6. The van der Waals surface area contributed by atoms with E-state index in [1.807, 2.05) is 0 Å². The molecule has 0 aliphatic carbocycles. The normalized spacial score (nSPS) is 11.3. The summed E-state index contributed by atoms with van der Waals surface area (Å²) < 4.78 is 5.18. The summed E-state index contributed by atoms with van der Waals surface area (Å²) in [6.45, 7) is 4.93. The minimum atomic E-state index is -0.743. The number of halogens is 2. The Morgan fingerprint density at radius 3 is 2.40 bits per heavy atom. The van der Waals surface area contributed by atoms with Crippen molar-refractivity contribution >= 4 is 29.2 Å². The Morgan fingerprint density at radius 1 is 1.33 bits per heavy atom. The lowest BCUT2D eigenvalue weighted by Gasteiger charge is -2.25. The Labute approximate surface area is 99.1 Å². The molecular formula is C11H12Cl2O2. The van der Waals surface area contributed by atoms with Gasteiger partial charge in [0.15, 0.2) is 0 Å². The van der Waals surface area contributed by atoms with Crippen molar-refractivity contribution in [3.63, 3.8) is 0 Å². The third kappa shape index (κ3) is 3.11. The number of carbonyl (C=O) groups excluding carboxylic acids is 1. The molecule has 1 aromatic rings. The fraction of sp³-hybridized carbons (Fsp3) is 0.364. The van der Waals surface area contributed by atoms with Crippen LogP contribution in [0.5, 0.6) is 0 Å². The second-order valence-electron chi connectivity index (χ2n) is 3.73. The van der Waals surface area contributed by atoms with Gasteiger partial charge in [-0.2, -0.15) is 0 Å². The average molecular weight is 247 g/mol. The van der Waals surface area contributed by atoms with Gasteiger partial charge in [0.1, 0.15) is 5.60 Å². The van der Waals surface area contributed by atoms with Crippen LogP contribution in [0.4, 0.5) is 0 Å². The topological polar surface area (TPSA) is 26.3 Å². The van der Waals surface area contributed by atoms with E-state index in [1.165, 1.54) is 6.92 Å². The van der Waals surface area contributed by atoms with Gasteiger partial charge in [0.2, 0.25) is 0 Å². The molecule has 0 saturated carbocycles. The van der Waals surface area contributed by atoms with Gasteiger partial charge in [0.05, 0.1) is 0 Å². The number of benzene rings is 1. The first-order valence-electron chi connectivity index (χ1n) is 4.48. The molecule has 4 heteroatoms. The summed E-state index contributed by atoms with van der Waals surface area (Å²) in [5, 5.41) is 1.05. The maximum Gasteiger partial charge on any atom is 0.303 e. The first-order valence-corrected chi connectivity index (χ1v) is 5.23. The molecule has 0 aromatic heterocycles. The van der Waals surface area contributed by atoms with E-state index in [4.69, 9.17) is 27.9 Å². The predicted octanol–water partition coefficient (Wildman–Crippen LogP) is 3.79. The molecule has 82 valence electrons. The van der Waals surface area contributed by atoms with Crippen LogP contribution >= 0.6 is 23.2 Å². The predicted molar refractivity (Wildman–Crippen MR) is 61.3 cm³/mol. The molecule has 0 radical (unpaired) electrons. The van der Waals surface area contributed by atoms with E-state index >= 15 is 0 Å². The quantitative estimate of drug-likeness (QED) is 0.743. The van der Waals surface area contributed by atoms with E-state index in [0.29, 0.717) is 10.0 Å². The lowest BCUT2D eigenvalue weighted by atomic mass is 9.98. The Bertz CT molecular complexity index is 386. The highest BCUT2D eigenvalue weighted by atomic mass is 35.5. The molecule has 0 aliphatic rings. The van der Waals surface area contributed by atoms with Gasteiger partial charge in [-0.15, -0.1) is 0 Å². The van der Waals surface area contributed by atoms with E-state index in [2.05, 4.69) is 0 Å². The maximum absolute atomic E-state index is 10.9. The van der Waals surface area contributed by atoms with Crippen LogP contribution in [0, 0.1) is 0 Å². The van der Waals surface area contributed by atoms with Gasteiger partial charge < -0.3 is 4.74 Å². The zero-order valence-electron chi connectivity index (χ0n) is 8.80. The van der Waals surface area contributed by atoms with E-state index in [0.717, 1.165) is 5.56 Å². The Hall–Kier alpha value is -0.730. The first kappa shape index (κ1) is 12.3. The minimum absolute atomic E-state index is 0.342. The third-order valence-corrected chi connectivity index (χ3v) is 2.53. The fourth-order valence-electron chi connectivity index (χ4n) is 1.39. The Kier molecular flexibility index (Phi) is 3.63. The van der Waals surface area contributed by atoms with Crippen LogP contribution in [-0.2, 0) is 15.1 Å². The van der Waals surface area contributed by atoms with Gasteiger partial charge in [-0.3, -0.25) is 4.79 Å². The Balaban J connectivity index is 3.09. The van der Waals surface area contributed by atoms with Crippen molar-refractivity contribution < 1.29 is 9.53 Å². The highest BCUT2D eigenvalue weighted by Crippen LogP contribution is 2.32. The molecule has 0 spiro atoms. The van der Waals surface area contributed by atoms with Crippen molar-refractivity contribution in [2.45, 2.75) is 26.4 Å². The van der Waals surface area contributed by atoms with E-state index < -0.39 is 5.60 Å². The summed E-state index contributed by atoms with van der Waals surface area (Å²) in [5.41, 5.74) is -0.00296. The highest BCUT2D eigenvalue weighted by molar-refractivity contribution is 6.35. The van der Waals surface area contributed by atoms with Crippen molar-refractivity contribution in [3.8, 4) is 0 Å². The molecule has 1 aromatic carbocycles. The van der Waals surface area contributed by atoms with Crippen molar-refractivity contribution in [3.05, 3.63) is 33.8 Å². The molecule has 0 saturated heterocycles. The fourth-order valence-corrected chi connectivity index (χ4v) is 2.03. The summed E-state index contributed by atoms with van der Waals surface area (Å²) in [5.74, 6) is -0.342. The summed E-state index contributed by atoms with van der Waals surface area (Å²) in [6, 6.07) is 5.10. The second-order valence-corrected chi connectivity index (χ2v) is 4.57. The van der Waals surface area contributed by atoms with Crippen molar-refractivity contribution in [1.82, 2.24) is 0 Å². The molecule has 0 heterocycles. The number of rotatable bonds is 2. The lowest BCUT2D eigenvalue weighted by molar-refractivity contribution is -0.154. The van der Waals surface area contributed by atoms with Gasteiger partial charge in [-0.1, -0.05) is 29.3 Å². The van der Waals surface area contributed by atoms with Crippen LogP contribution in [0.25, 0.3) is 0 Å². The van der Waals surface area contributed by atoms with Gasteiger partial charge in [-0.05, 0) is 26.0 Å². The molecule has 0 aliphatic heterocycles. The molecular weight excluding hydrogens is 235 g/mol. The smallest absolute Gasteiger partial charge is 0.303 e. The molecule has 0 N–H and O–H groups in total. The summed E-state index contributed by atoms with van der Waals surface area (Å²) in [6.07, 6.45) is 0. The number of hydrogen-bond acceptors (Lipinski definition) is 2. The molecule has 15 heavy (non-hydrogen) atoms. The monoisotopic (exact) mass is 246 g/mol. The number of hydrogen-bond donors (Lipinski definition) is 0. The standard InChI is InChI=1S/C11H12Cl2O2/c1-7(14)15-11(2,3)9-5-4-8(12)6-10(9)13/h4-6H,1-3H3. The van der Waals surface area contributed by atoms with Crippen LogP contribution in [0.1, 0.15) is 26.3 Å². The van der Waals surface area contributed by atoms with Crippen molar-refractivity contribution in [2.75, 3.05) is 0 Å². The number of carbonyl (C=O) groups is 1. The van der Waals surface area contributed by atoms with Gasteiger partial charge in [0, 0.05) is 22.5 Å². The van der Waals surface area contributed by atoms with E-state index in [9.17, 15) is 4.79 Å². The van der Waals surface area contributed by atoms with Gasteiger partial charge >= 0.3 is 5.97 Å². The third-order valence-electron chi connectivity index (χ3n) is 1.98. The molecule has 0 fully saturated rings. The molecule has 0 bridgehead atoms. The SMILES string of the molecule is CC(=O)OC(C)(C)c1ccc(Cl)cc1Cl. The highest BCUT2D eigenvalue weighted by Gasteiger charge is 2.26. The first-order chi connectivity index (χ1) is 6.83. The molecule has 0 unspecified atom stereocenters. The lowest BCUT2D eigenvalue weighted by Crippen LogP contribution is -2.24. The second kappa shape index (κ2) is 4.42. The zero-order valence-corrected chi connectivity index (χ0v) is 10.3. The molecule has 1 rings (SSSR count). The van der Waals surface area contributed by atoms with Crippen LogP contribution in [0.15, 0.2) is 18.2 Å². The summed E-state index contributed by atoms with van der Waals surface area (Å²) in [7, 11) is 0. The van der Waals surface area contributed by atoms with Crippen LogP contribution in [-0.4, -0.2) is 5.97 Å². The molecule has 2 nitrogen and oxygen atoms in total. The molecule has 0 amide bonds. The summed E-state index contributed by atoms with van der Waals surface area (Å²) >= 11 is 11.8. The number of ether oxygens (including phenoxy) is 1. The Morgan fingerprint density at radius 2 is 1.93 bits per heavy atom. The minimum Gasteiger partial charge on any atom is -0.455 e. The van der Waals surface area contributed by atoms with E-state index in [-0.39, 0.29) is 5.97 Å². The average Bonchev–Trinajstić information content (AvgIpc) is 1.99. The summed E-state index contributed by atoms with van der Waals surface area (Å²) in [4.78, 5) is 10.9. The van der Waals surface area contributed by atoms with Crippen LogP contribution in [0.2, 0.25) is 10.0 Å². The van der Waals surface area contributed by atoms with Gasteiger partial charge in [0.25, 0.3) is 0 Å². The maximum atomic E-state index is 10.9. The largest absolute Gasteiger partial charge is 0.455 e. The molecule has 0 atom stereocenters. The van der Waals surface area contributed by atoms with Crippen molar-refractivity contribution in [2.24, 2.45) is 0 Å². The number of esters is 1. The van der Waals surface area contributed by atoms with Crippen LogP contribution in [0.3, 0.4) is 0 Å². The van der Waals surface area contributed by atoms with Crippen molar-refractivity contribution in [1.29, 1.82) is 0 Å². The van der Waals surface area contributed by atoms with E-state index in [1.54, 1.807) is 32.0 Å².